The maximum Gasteiger partial charge on any atom is 0.407 e. The molecule has 2 N–H and O–H groups in total. The second kappa shape index (κ2) is 9.36. The first-order valence-corrected chi connectivity index (χ1v) is 12.5. The molecular weight excluding hydrogens is 444 g/mol. The molecule has 0 bridgehead atoms. The molecule has 0 aromatic heterocycles. The van der Waals surface area contributed by atoms with Gasteiger partial charge < -0.3 is 20.1 Å². The van der Waals surface area contributed by atoms with Gasteiger partial charge in [0.1, 0.15) is 6.61 Å². The van der Waals surface area contributed by atoms with Crippen molar-refractivity contribution in [3.8, 4) is 11.1 Å². The van der Waals surface area contributed by atoms with E-state index in [4.69, 9.17) is 4.74 Å². The predicted octanol–water partition coefficient (Wildman–Crippen LogP) is 4.41. The van der Waals surface area contributed by atoms with Crippen molar-refractivity contribution in [1.82, 2.24) is 10.2 Å². The summed E-state index contributed by atoms with van der Waals surface area (Å²) < 4.78 is 5.74. The number of nitrogens with zero attached hydrogens (tertiary/aromatic N) is 1. The smallest absolute Gasteiger partial charge is 0.407 e. The van der Waals surface area contributed by atoms with Gasteiger partial charge in [0, 0.05) is 19.0 Å². The number of aliphatic carboxylic acids is 1. The van der Waals surface area contributed by atoms with Crippen molar-refractivity contribution in [3.63, 3.8) is 0 Å². The van der Waals surface area contributed by atoms with Crippen LogP contribution in [0.3, 0.4) is 0 Å². The summed E-state index contributed by atoms with van der Waals surface area (Å²) in [6, 6.07) is 16.4. The van der Waals surface area contributed by atoms with Gasteiger partial charge in [-0.3, -0.25) is 9.59 Å². The highest BCUT2D eigenvalue weighted by molar-refractivity contribution is 5.80. The number of likely N-dealkylation sites (tertiary alicyclic amines) is 1. The average Bonchev–Trinajstić information content (AvgIpc) is 3.67. The van der Waals surface area contributed by atoms with Crippen LogP contribution in [0.2, 0.25) is 0 Å². The number of alkyl carbamates (subject to hydrolysis) is 1. The number of hydrogen-bond donors (Lipinski definition) is 2. The number of carboxylic acids is 1. The zero-order valence-electron chi connectivity index (χ0n) is 20.0. The molecule has 1 unspecified atom stereocenters. The number of hydrogen-bond acceptors (Lipinski definition) is 4. The third-order valence-electron chi connectivity index (χ3n) is 7.93. The zero-order valence-corrected chi connectivity index (χ0v) is 20.0. The first-order valence-electron chi connectivity index (χ1n) is 12.5. The van der Waals surface area contributed by atoms with E-state index in [2.05, 4.69) is 29.6 Å². The SMILES string of the molecule is CC(CC(=O)N1CCC(C(=O)O)CC1)(NC(=O)OCC1c2ccccc2-c2ccccc21)C1CC1. The molecule has 184 valence electrons. The van der Waals surface area contributed by atoms with Crippen molar-refractivity contribution < 1.29 is 24.2 Å². The molecule has 1 aliphatic heterocycles. The number of rotatable bonds is 7. The van der Waals surface area contributed by atoms with Crippen molar-refractivity contribution in [1.29, 1.82) is 0 Å². The number of carbonyl (C=O) groups excluding carboxylic acids is 2. The van der Waals surface area contributed by atoms with Gasteiger partial charge in [-0.1, -0.05) is 48.5 Å². The Labute approximate surface area is 205 Å². The monoisotopic (exact) mass is 476 g/mol. The van der Waals surface area contributed by atoms with Crippen molar-refractivity contribution in [2.45, 2.75) is 50.5 Å². The number of carbonyl (C=O) groups is 3. The lowest BCUT2D eigenvalue weighted by Gasteiger charge is -2.35. The molecule has 1 atom stereocenters. The summed E-state index contributed by atoms with van der Waals surface area (Å²) in [6.45, 7) is 3.05. The summed E-state index contributed by atoms with van der Waals surface area (Å²) in [5.41, 5.74) is 4.00. The third-order valence-corrected chi connectivity index (χ3v) is 7.93. The van der Waals surface area contributed by atoms with Gasteiger partial charge in [0.25, 0.3) is 0 Å². The highest BCUT2D eigenvalue weighted by Gasteiger charge is 2.45. The molecule has 0 spiro atoms. The number of nitrogens with one attached hydrogen (secondary N) is 1. The number of ether oxygens (including phenoxy) is 1. The van der Waals surface area contributed by atoms with Crippen LogP contribution in [0.5, 0.6) is 0 Å². The predicted molar refractivity (Wildman–Crippen MR) is 131 cm³/mol. The highest BCUT2D eigenvalue weighted by atomic mass is 16.5. The normalized spacial score (nSPS) is 19.4. The summed E-state index contributed by atoms with van der Waals surface area (Å²) in [6.07, 6.45) is 2.57. The van der Waals surface area contributed by atoms with Crippen LogP contribution >= 0.6 is 0 Å². The van der Waals surface area contributed by atoms with Crippen LogP contribution in [0.25, 0.3) is 11.1 Å². The van der Waals surface area contributed by atoms with E-state index in [1.807, 2.05) is 31.2 Å². The van der Waals surface area contributed by atoms with Crippen molar-refractivity contribution in [2.24, 2.45) is 11.8 Å². The van der Waals surface area contributed by atoms with Crippen LogP contribution in [-0.4, -0.2) is 53.2 Å². The van der Waals surface area contributed by atoms with E-state index in [1.54, 1.807) is 4.90 Å². The van der Waals surface area contributed by atoms with E-state index in [0.717, 1.165) is 24.0 Å². The largest absolute Gasteiger partial charge is 0.481 e. The number of carboxylic acid groups (broad SMARTS) is 1. The minimum atomic E-state index is -0.795. The second-order valence-electron chi connectivity index (χ2n) is 10.3. The fourth-order valence-electron chi connectivity index (χ4n) is 5.68. The lowest BCUT2D eigenvalue weighted by molar-refractivity contribution is -0.146. The Hall–Kier alpha value is -3.35. The summed E-state index contributed by atoms with van der Waals surface area (Å²) in [5.74, 6) is -0.993. The van der Waals surface area contributed by atoms with E-state index in [-0.39, 0.29) is 36.7 Å². The molecule has 2 aromatic rings. The second-order valence-corrected chi connectivity index (χ2v) is 10.3. The minimum absolute atomic E-state index is 0.0162. The molecule has 7 nitrogen and oxygen atoms in total. The molecule has 2 amide bonds. The Morgan fingerprint density at radius 1 is 0.971 bits per heavy atom. The molecule has 5 rings (SSSR count). The van der Waals surface area contributed by atoms with Gasteiger partial charge in [-0.15, -0.1) is 0 Å². The van der Waals surface area contributed by atoms with Crippen LogP contribution in [0, 0.1) is 11.8 Å². The van der Waals surface area contributed by atoms with Crippen LogP contribution in [-0.2, 0) is 14.3 Å². The number of benzene rings is 2. The van der Waals surface area contributed by atoms with Crippen LogP contribution in [0.4, 0.5) is 4.79 Å². The van der Waals surface area contributed by atoms with E-state index < -0.39 is 17.6 Å². The van der Waals surface area contributed by atoms with Gasteiger partial charge >= 0.3 is 12.1 Å². The fourth-order valence-corrected chi connectivity index (χ4v) is 5.68. The molecule has 2 aromatic carbocycles. The molecule has 7 heteroatoms. The Morgan fingerprint density at radius 2 is 1.54 bits per heavy atom. The molecule has 1 saturated carbocycles. The molecular formula is C28H32N2O5. The van der Waals surface area contributed by atoms with Crippen molar-refractivity contribution in [3.05, 3.63) is 59.7 Å². The standard InChI is InChI=1S/C28H32N2O5/c1-28(19-10-11-19,16-25(31)30-14-12-18(13-15-30)26(32)33)29-27(34)35-17-24-22-8-4-2-6-20(22)21-7-3-5-9-23(21)24/h2-9,18-19,24H,10-17H2,1H3,(H,29,34)(H,32,33). The van der Waals surface area contributed by atoms with Gasteiger partial charge in [-0.25, -0.2) is 4.79 Å². The summed E-state index contributed by atoms with van der Waals surface area (Å²) in [4.78, 5) is 38.9. The van der Waals surface area contributed by atoms with E-state index >= 15 is 0 Å². The topological polar surface area (TPSA) is 95.9 Å². The first kappa shape index (κ1) is 23.4. The van der Waals surface area contributed by atoms with Crippen molar-refractivity contribution in [2.75, 3.05) is 19.7 Å². The van der Waals surface area contributed by atoms with Crippen LogP contribution in [0.1, 0.15) is 56.1 Å². The van der Waals surface area contributed by atoms with Gasteiger partial charge in [0.2, 0.25) is 5.91 Å². The van der Waals surface area contributed by atoms with Gasteiger partial charge in [0.15, 0.2) is 0 Å². The highest BCUT2D eigenvalue weighted by Crippen LogP contribution is 2.45. The molecule has 1 heterocycles. The van der Waals surface area contributed by atoms with E-state index in [1.165, 1.54) is 11.1 Å². The number of fused-ring (bicyclic) bond motifs is 3. The lowest BCUT2D eigenvalue weighted by atomic mass is 9.90. The Bertz CT molecular complexity index is 1090. The van der Waals surface area contributed by atoms with Gasteiger partial charge in [-0.05, 0) is 60.8 Å². The quantitative estimate of drug-likeness (QED) is 0.617. The number of amides is 2. The maximum atomic E-state index is 13.0. The van der Waals surface area contributed by atoms with E-state index in [0.29, 0.717) is 25.9 Å². The van der Waals surface area contributed by atoms with Crippen molar-refractivity contribution >= 4 is 18.0 Å². The maximum absolute atomic E-state index is 13.0. The third kappa shape index (κ3) is 4.77. The van der Waals surface area contributed by atoms with Gasteiger partial charge in [0.05, 0.1) is 17.9 Å². The fraction of sp³-hybridized carbons (Fsp3) is 0.464. The molecule has 0 radical (unpaired) electrons. The molecule has 3 aliphatic rings. The summed E-state index contributed by atoms with van der Waals surface area (Å²) in [7, 11) is 0. The van der Waals surface area contributed by atoms with Crippen LogP contribution in [0.15, 0.2) is 48.5 Å². The molecule has 1 saturated heterocycles. The van der Waals surface area contributed by atoms with Gasteiger partial charge in [-0.2, -0.15) is 0 Å². The summed E-state index contributed by atoms with van der Waals surface area (Å²) >= 11 is 0. The first-order chi connectivity index (χ1) is 16.9. The van der Waals surface area contributed by atoms with Crippen LogP contribution < -0.4 is 5.32 Å². The Morgan fingerprint density at radius 3 is 2.09 bits per heavy atom. The van der Waals surface area contributed by atoms with E-state index in [9.17, 15) is 19.5 Å². The Kier molecular flexibility index (Phi) is 6.26. The summed E-state index contributed by atoms with van der Waals surface area (Å²) in [5, 5.41) is 12.2. The molecule has 2 aliphatic carbocycles. The molecule has 35 heavy (non-hydrogen) atoms. The zero-order chi connectivity index (χ0) is 24.6. The molecule has 2 fully saturated rings. The Balaban J connectivity index is 1.21. The minimum Gasteiger partial charge on any atom is -0.481 e. The average molecular weight is 477 g/mol. The lowest BCUT2D eigenvalue weighted by Crippen LogP contribution is -2.52. The number of piperidine rings is 1.